The number of hydrogen-bond donors (Lipinski definition) is 1. The van der Waals surface area contributed by atoms with E-state index in [9.17, 15) is 8.42 Å². The van der Waals surface area contributed by atoms with Crippen molar-refractivity contribution in [2.24, 2.45) is 5.92 Å². The van der Waals surface area contributed by atoms with Crippen molar-refractivity contribution >= 4 is 16.0 Å². The van der Waals surface area contributed by atoms with Gasteiger partial charge in [-0.2, -0.15) is 0 Å². The van der Waals surface area contributed by atoms with Gasteiger partial charge in [0, 0.05) is 32.4 Å². The topological polar surface area (TPSA) is 84.4 Å². The van der Waals surface area contributed by atoms with E-state index in [2.05, 4.69) is 15.3 Å². The zero-order valence-electron chi connectivity index (χ0n) is 12.6. The summed E-state index contributed by atoms with van der Waals surface area (Å²) >= 11 is 0. The van der Waals surface area contributed by atoms with Gasteiger partial charge in [-0.15, -0.1) is 0 Å². The highest BCUT2D eigenvalue weighted by atomic mass is 32.2. The monoisotopic (exact) mass is 314 g/mol. The van der Waals surface area contributed by atoms with E-state index in [-0.39, 0.29) is 17.7 Å². The molecule has 1 aromatic rings. The standard InChI is InChI=1S/C13H22N4O3S/c1-4-10-5-14-13(15-6-10)16-12-8-20-7-11(12)9-21(18,19)17(2)3/h5-6,11-12H,4,7-9H2,1-3H3,(H,14,15,16)/t11-,12+/m0/s1. The fourth-order valence-corrected chi connectivity index (χ4v) is 3.29. The number of nitrogens with one attached hydrogen (secondary N) is 1. The lowest BCUT2D eigenvalue weighted by Gasteiger charge is -2.20. The van der Waals surface area contributed by atoms with Crippen molar-refractivity contribution in [3.05, 3.63) is 18.0 Å². The van der Waals surface area contributed by atoms with Gasteiger partial charge >= 0.3 is 0 Å². The molecule has 1 aliphatic heterocycles. The van der Waals surface area contributed by atoms with Gasteiger partial charge in [-0.25, -0.2) is 22.7 Å². The van der Waals surface area contributed by atoms with E-state index in [0.29, 0.717) is 19.2 Å². The van der Waals surface area contributed by atoms with E-state index in [4.69, 9.17) is 4.74 Å². The van der Waals surface area contributed by atoms with Gasteiger partial charge in [0.15, 0.2) is 0 Å². The van der Waals surface area contributed by atoms with Crippen molar-refractivity contribution < 1.29 is 13.2 Å². The molecule has 0 aliphatic carbocycles. The second-order valence-corrected chi connectivity index (χ2v) is 7.61. The van der Waals surface area contributed by atoms with Gasteiger partial charge < -0.3 is 10.1 Å². The summed E-state index contributed by atoms with van der Waals surface area (Å²) in [6.45, 7) is 2.93. The van der Waals surface area contributed by atoms with Crippen LogP contribution in [0.5, 0.6) is 0 Å². The number of aromatic nitrogens is 2. The molecule has 0 saturated carbocycles. The van der Waals surface area contributed by atoms with E-state index in [1.54, 1.807) is 26.5 Å². The molecule has 1 fully saturated rings. The first-order chi connectivity index (χ1) is 9.92. The molecule has 118 valence electrons. The molecule has 2 atom stereocenters. The fraction of sp³-hybridized carbons (Fsp3) is 0.692. The molecular weight excluding hydrogens is 292 g/mol. The lowest BCUT2D eigenvalue weighted by atomic mass is 10.1. The zero-order chi connectivity index (χ0) is 15.5. The molecule has 0 amide bonds. The molecule has 0 spiro atoms. The zero-order valence-corrected chi connectivity index (χ0v) is 13.4. The van der Waals surface area contributed by atoms with Crippen LogP contribution in [-0.4, -0.2) is 61.8 Å². The highest BCUT2D eigenvalue weighted by molar-refractivity contribution is 7.89. The maximum atomic E-state index is 12.0. The number of rotatable bonds is 6. The van der Waals surface area contributed by atoms with E-state index >= 15 is 0 Å². The largest absolute Gasteiger partial charge is 0.379 e. The molecule has 1 aliphatic rings. The van der Waals surface area contributed by atoms with Crippen LogP contribution < -0.4 is 5.32 Å². The molecule has 0 radical (unpaired) electrons. The van der Waals surface area contributed by atoms with Crippen LogP contribution in [0.1, 0.15) is 12.5 Å². The molecule has 1 aromatic heterocycles. The van der Waals surface area contributed by atoms with Crippen LogP contribution in [0.4, 0.5) is 5.95 Å². The predicted molar refractivity (Wildman–Crippen MR) is 80.6 cm³/mol. The van der Waals surface area contributed by atoms with Gasteiger partial charge in [-0.05, 0) is 12.0 Å². The summed E-state index contributed by atoms with van der Waals surface area (Å²) in [5.74, 6) is 0.465. The Kier molecular flexibility index (Phi) is 5.13. The minimum absolute atomic E-state index is 0.0602. The highest BCUT2D eigenvalue weighted by Crippen LogP contribution is 2.20. The summed E-state index contributed by atoms with van der Waals surface area (Å²) in [5.41, 5.74) is 1.06. The third-order valence-corrected chi connectivity index (χ3v) is 5.57. The average Bonchev–Trinajstić information content (AvgIpc) is 2.86. The summed E-state index contributed by atoms with van der Waals surface area (Å²) in [5, 5.41) is 3.17. The van der Waals surface area contributed by atoms with Crippen molar-refractivity contribution in [3.8, 4) is 0 Å². The molecule has 1 N–H and O–H groups in total. The lowest BCUT2D eigenvalue weighted by Crippen LogP contribution is -2.37. The first kappa shape index (κ1) is 16.1. The fourth-order valence-electron chi connectivity index (χ4n) is 2.12. The Morgan fingerprint density at radius 2 is 2.00 bits per heavy atom. The van der Waals surface area contributed by atoms with Crippen molar-refractivity contribution in [3.63, 3.8) is 0 Å². The first-order valence-corrected chi connectivity index (χ1v) is 8.58. The van der Waals surface area contributed by atoms with Crippen molar-refractivity contribution in [1.29, 1.82) is 0 Å². The van der Waals surface area contributed by atoms with Crippen LogP contribution in [0.3, 0.4) is 0 Å². The SMILES string of the molecule is CCc1cnc(N[C@@H]2COC[C@H]2CS(=O)(=O)N(C)C)nc1. The van der Waals surface area contributed by atoms with Crippen LogP contribution in [0.25, 0.3) is 0 Å². The van der Waals surface area contributed by atoms with Crippen molar-refractivity contribution in [2.75, 3.05) is 38.4 Å². The van der Waals surface area contributed by atoms with Gasteiger partial charge in [0.05, 0.1) is 25.0 Å². The van der Waals surface area contributed by atoms with E-state index in [0.717, 1.165) is 12.0 Å². The van der Waals surface area contributed by atoms with Crippen LogP contribution in [-0.2, 0) is 21.2 Å². The Labute approximate surface area is 125 Å². The van der Waals surface area contributed by atoms with E-state index < -0.39 is 10.0 Å². The molecule has 0 unspecified atom stereocenters. The third kappa shape index (κ3) is 4.12. The minimum Gasteiger partial charge on any atom is -0.379 e. The summed E-state index contributed by atoms with van der Waals surface area (Å²) in [6.07, 6.45) is 4.43. The Hall–Kier alpha value is -1.25. The average molecular weight is 314 g/mol. The smallest absolute Gasteiger partial charge is 0.222 e. The molecule has 8 heteroatoms. The minimum atomic E-state index is -3.24. The highest BCUT2D eigenvalue weighted by Gasteiger charge is 2.33. The van der Waals surface area contributed by atoms with Gasteiger partial charge in [0.25, 0.3) is 0 Å². The number of anilines is 1. The molecular formula is C13H22N4O3S. The van der Waals surface area contributed by atoms with Gasteiger partial charge in [0.2, 0.25) is 16.0 Å². The molecule has 1 saturated heterocycles. The van der Waals surface area contributed by atoms with Crippen LogP contribution in [0.2, 0.25) is 0 Å². The number of nitrogens with zero attached hydrogens (tertiary/aromatic N) is 3. The van der Waals surface area contributed by atoms with Crippen molar-refractivity contribution in [1.82, 2.24) is 14.3 Å². The van der Waals surface area contributed by atoms with Gasteiger partial charge in [-0.1, -0.05) is 6.92 Å². The summed E-state index contributed by atoms with van der Waals surface area (Å²) in [4.78, 5) is 8.48. The molecule has 21 heavy (non-hydrogen) atoms. The number of aryl methyl sites for hydroxylation is 1. The Balaban J connectivity index is 2.01. The van der Waals surface area contributed by atoms with Crippen LogP contribution >= 0.6 is 0 Å². The summed E-state index contributed by atoms with van der Waals surface area (Å²) in [7, 11) is -0.161. The summed E-state index contributed by atoms with van der Waals surface area (Å²) < 4.78 is 30.6. The molecule has 7 nitrogen and oxygen atoms in total. The van der Waals surface area contributed by atoms with Gasteiger partial charge in [-0.3, -0.25) is 0 Å². The molecule has 2 heterocycles. The Bertz CT molecular complexity index is 559. The molecule has 2 rings (SSSR count). The van der Waals surface area contributed by atoms with E-state index in [1.807, 2.05) is 6.92 Å². The lowest BCUT2D eigenvalue weighted by molar-refractivity contribution is 0.187. The molecule has 0 bridgehead atoms. The van der Waals surface area contributed by atoms with Crippen LogP contribution in [0.15, 0.2) is 12.4 Å². The second-order valence-electron chi connectivity index (χ2n) is 5.38. The van der Waals surface area contributed by atoms with E-state index in [1.165, 1.54) is 4.31 Å². The number of sulfonamides is 1. The number of ether oxygens (including phenoxy) is 1. The van der Waals surface area contributed by atoms with Crippen LogP contribution in [0, 0.1) is 5.92 Å². The predicted octanol–water partition coefficient (Wildman–Crippen LogP) is 0.357. The van der Waals surface area contributed by atoms with Gasteiger partial charge in [0.1, 0.15) is 0 Å². The third-order valence-electron chi connectivity index (χ3n) is 3.61. The first-order valence-electron chi connectivity index (χ1n) is 6.97. The van der Waals surface area contributed by atoms with Crippen molar-refractivity contribution in [2.45, 2.75) is 19.4 Å². The maximum Gasteiger partial charge on any atom is 0.222 e. The number of hydrogen-bond acceptors (Lipinski definition) is 6. The summed E-state index contributed by atoms with van der Waals surface area (Å²) in [6, 6.07) is -0.0906. The quantitative estimate of drug-likeness (QED) is 0.816. The molecule has 0 aromatic carbocycles. The normalized spacial score (nSPS) is 22.7. The second kappa shape index (κ2) is 6.67. The Morgan fingerprint density at radius 3 is 2.57 bits per heavy atom. The maximum absolute atomic E-state index is 12.0. The Morgan fingerprint density at radius 1 is 1.33 bits per heavy atom.